The van der Waals surface area contributed by atoms with Crippen LogP contribution >= 0.6 is 0 Å². The molecule has 0 aliphatic carbocycles. The minimum absolute atomic E-state index is 0.0177. The smallest absolute Gasteiger partial charge is 0.318 e. The van der Waals surface area contributed by atoms with E-state index in [0.29, 0.717) is 19.4 Å². The zero-order valence-corrected chi connectivity index (χ0v) is 15.6. The Hall–Kier alpha value is -3.58. The highest BCUT2D eigenvalue weighted by atomic mass is 16.2. The van der Waals surface area contributed by atoms with Gasteiger partial charge in [-0.05, 0) is 12.8 Å². The Balaban J connectivity index is 2.69. The minimum atomic E-state index is -0.859. The van der Waals surface area contributed by atoms with Gasteiger partial charge < -0.3 is 33.6 Å². The van der Waals surface area contributed by atoms with Crippen LogP contribution in [-0.2, 0) is 9.59 Å². The van der Waals surface area contributed by atoms with Crippen LogP contribution in [0.3, 0.4) is 0 Å². The van der Waals surface area contributed by atoms with Gasteiger partial charge in [0.15, 0.2) is 11.9 Å². The Kier molecular flexibility index (Phi) is 8.46. The number of guanidine groups is 3. The van der Waals surface area contributed by atoms with Gasteiger partial charge in [0, 0.05) is 20.0 Å². The molecule has 1 rings (SSSR count). The predicted molar refractivity (Wildman–Crippen MR) is 104 cm³/mol. The fourth-order valence-electron chi connectivity index (χ4n) is 2.46. The Labute approximate surface area is 161 Å². The molecule has 0 saturated heterocycles. The number of rotatable bonds is 8. The molecule has 2 atom stereocenters. The van der Waals surface area contributed by atoms with Crippen molar-refractivity contribution in [3.05, 3.63) is 0 Å². The molecule has 1 heterocycles. The number of hydrogen-bond acceptors (Lipinski definition) is 6. The summed E-state index contributed by atoms with van der Waals surface area (Å²) in [6, 6.07) is -2.19. The van der Waals surface area contributed by atoms with Crippen LogP contribution in [0, 0.1) is 0 Å². The largest absolute Gasteiger partial charge is 0.370 e. The number of amides is 4. The third-order valence-corrected chi connectivity index (χ3v) is 3.80. The van der Waals surface area contributed by atoms with Crippen molar-refractivity contribution < 1.29 is 14.4 Å². The molecule has 156 valence electrons. The van der Waals surface area contributed by atoms with E-state index in [0.717, 1.165) is 0 Å². The van der Waals surface area contributed by atoms with Gasteiger partial charge in [0.2, 0.25) is 11.9 Å². The summed E-state index contributed by atoms with van der Waals surface area (Å²) < 4.78 is 0. The van der Waals surface area contributed by atoms with Crippen LogP contribution in [0.25, 0.3) is 0 Å². The Morgan fingerprint density at radius 1 is 1.29 bits per heavy atom. The molecule has 0 aromatic carbocycles. The standard InChI is InChI=1S/C14H27N11O3/c1-25(8-6-21-14(23-10(8)27)24-13(19)28)9(26)5-7(22-12(17)18)3-2-4-20-11(15)16/h7-8H,2-6H2,1H3,(H4,15,16,20)(H4,17,18,22)(H4,19,21,23,24,27,28)/t7-,8?/m0/s1. The lowest BCUT2D eigenvalue weighted by Crippen LogP contribution is -2.58. The van der Waals surface area contributed by atoms with Crippen molar-refractivity contribution in [2.75, 3.05) is 20.1 Å². The number of nitrogens with zero attached hydrogens (tertiary/aromatic N) is 4. The normalized spacial score (nSPS) is 16.8. The Morgan fingerprint density at radius 3 is 2.50 bits per heavy atom. The van der Waals surface area contributed by atoms with Crippen LogP contribution in [0.2, 0.25) is 0 Å². The molecule has 12 N–H and O–H groups in total. The molecule has 4 amide bonds. The molecule has 1 unspecified atom stereocenters. The molecule has 0 fully saturated rings. The van der Waals surface area contributed by atoms with E-state index < -0.39 is 24.0 Å². The Bertz CT molecular complexity index is 680. The predicted octanol–water partition coefficient (Wildman–Crippen LogP) is -3.95. The van der Waals surface area contributed by atoms with Gasteiger partial charge >= 0.3 is 6.03 Å². The first-order valence-electron chi connectivity index (χ1n) is 8.41. The summed E-state index contributed by atoms with van der Waals surface area (Å²) in [6.07, 6.45) is 1.01. The lowest BCUT2D eigenvalue weighted by Gasteiger charge is -2.30. The summed E-state index contributed by atoms with van der Waals surface area (Å²) in [4.78, 5) is 48.7. The average molecular weight is 397 g/mol. The summed E-state index contributed by atoms with van der Waals surface area (Å²) in [5.41, 5.74) is 26.4. The molecule has 0 aromatic rings. The summed E-state index contributed by atoms with van der Waals surface area (Å²) in [7, 11) is 1.47. The van der Waals surface area contributed by atoms with E-state index >= 15 is 0 Å². The van der Waals surface area contributed by atoms with Crippen LogP contribution in [0.4, 0.5) is 4.79 Å². The number of likely N-dealkylation sites (N-methyl/N-ethyl adjacent to an activating group) is 1. The summed E-state index contributed by atoms with van der Waals surface area (Å²) in [5, 5.41) is 4.54. The molecule has 0 aromatic heterocycles. The van der Waals surface area contributed by atoms with Crippen LogP contribution in [0.15, 0.2) is 15.0 Å². The van der Waals surface area contributed by atoms with Gasteiger partial charge in [0.25, 0.3) is 5.91 Å². The van der Waals surface area contributed by atoms with Crippen molar-refractivity contribution >= 4 is 35.7 Å². The van der Waals surface area contributed by atoms with Gasteiger partial charge in [-0.3, -0.25) is 25.2 Å². The topological polar surface area (TPSA) is 246 Å². The van der Waals surface area contributed by atoms with E-state index in [4.69, 9.17) is 28.7 Å². The molecule has 14 heteroatoms. The van der Waals surface area contributed by atoms with Gasteiger partial charge in [-0.15, -0.1) is 0 Å². The summed E-state index contributed by atoms with van der Waals surface area (Å²) in [5.74, 6) is -1.08. The second-order valence-electron chi connectivity index (χ2n) is 6.05. The molecule has 0 radical (unpaired) electrons. The highest BCUT2D eigenvalue weighted by Gasteiger charge is 2.31. The molecule has 1 aliphatic rings. The van der Waals surface area contributed by atoms with Crippen molar-refractivity contribution in [1.29, 1.82) is 0 Å². The van der Waals surface area contributed by atoms with E-state index in [1.54, 1.807) is 0 Å². The van der Waals surface area contributed by atoms with Gasteiger partial charge in [-0.2, -0.15) is 0 Å². The average Bonchev–Trinajstić information content (AvgIpc) is 2.56. The molecule has 0 bridgehead atoms. The van der Waals surface area contributed by atoms with Crippen LogP contribution in [-0.4, -0.2) is 72.8 Å². The van der Waals surface area contributed by atoms with E-state index in [2.05, 4.69) is 25.6 Å². The van der Waals surface area contributed by atoms with Crippen LogP contribution in [0.5, 0.6) is 0 Å². The maximum atomic E-state index is 12.6. The first-order chi connectivity index (χ1) is 13.1. The number of aliphatic imine (C=N–C) groups is 3. The highest BCUT2D eigenvalue weighted by molar-refractivity contribution is 6.07. The molecule has 1 aliphatic heterocycles. The van der Waals surface area contributed by atoms with Gasteiger partial charge in [-0.1, -0.05) is 0 Å². The number of nitrogens with one attached hydrogen (secondary N) is 2. The SMILES string of the molecule is CN(C(=O)C[C@H](CCCN=C(N)N)N=C(N)N)C1CN=C(NC(N)=O)NC1=O. The molecule has 0 saturated carbocycles. The number of nitrogens with two attached hydrogens (primary N) is 5. The molecular weight excluding hydrogens is 370 g/mol. The fraction of sp³-hybridized carbons (Fsp3) is 0.571. The summed E-state index contributed by atoms with van der Waals surface area (Å²) >= 11 is 0. The number of hydrogen-bond donors (Lipinski definition) is 7. The van der Waals surface area contributed by atoms with Gasteiger partial charge in [0.1, 0.15) is 6.04 Å². The molecular formula is C14H27N11O3. The zero-order valence-electron chi connectivity index (χ0n) is 15.6. The van der Waals surface area contributed by atoms with Crippen LogP contribution in [0.1, 0.15) is 19.3 Å². The fourth-order valence-corrected chi connectivity index (χ4v) is 2.46. The molecule has 0 spiro atoms. The number of primary amides is 1. The lowest BCUT2D eigenvalue weighted by molar-refractivity contribution is -0.138. The first kappa shape index (κ1) is 22.5. The maximum absolute atomic E-state index is 12.6. The van der Waals surface area contributed by atoms with Crippen molar-refractivity contribution in [1.82, 2.24) is 15.5 Å². The quantitative estimate of drug-likeness (QED) is 0.121. The van der Waals surface area contributed by atoms with Crippen LogP contribution < -0.4 is 39.3 Å². The molecule has 14 nitrogen and oxygen atoms in total. The van der Waals surface area contributed by atoms with Crippen molar-refractivity contribution in [3.63, 3.8) is 0 Å². The second-order valence-corrected chi connectivity index (χ2v) is 6.05. The Morgan fingerprint density at radius 2 is 1.96 bits per heavy atom. The lowest BCUT2D eigenvalue weighted by atomic mass is 10.1. The van der Waals surface area contributed by atoms with E-state index in [1.165, 1.54) is 11.9 Å². The monoisotopic (exact) mass is 397 g/mol. The van der Waals surface area contributed by atoms with Gasteiger partial charge in [0.05, 0.1) is 12.6 Å². The first-order valence-corrected chi connectivity index (χ1v) is 8.41. The minimum Gasteiger partial charge on any atom is -0.370 e. The van der Waals surface area contributed by atoms with E-state index in [-0.39, 0.29) is 36.8 Å². The maximum Gasteiger partial charge on any atom is 0.318 e. The van der Waals surface area contributed by atoms with Gasteiger partial charge in [-0.25, -0.2) is 14.8 Å². The number of urea groups is 1. The second kappa shape index (κ2) is 10.5. The number of carbonyl (C=O) groups is 3. The van der Waals surface area contributed by atoms with E-state index in [1.807, 2.05) is 0 Å². The zero-order chi connectivity index (χ0) is 21.3. The number of carbonyl (C=O) groups excluding carboxylic acids is 3. The molecule has 28 heavy (non-hydrogen) atoms. The highest BCUT2D eigenvalue weighted by Crippen LogP contribution is 2.12. The van der Waals surface area contributed by atoms with Crippen molar-refractivity contribution in [3.8, 4) is 0 Å². The van der Waals surface area contributed by atoms with Crippen molar-refractivity contribution in [2.45, 2.75) is 31.3 Å². The van der Waals surface area contributed by atoms with E-state index in [9.17, 15) is 14.4 Å². The third kappa shape index (κ3) is 7.76. The van der Waals surface area contributed by atoms with Crippen molar-refractivity contribution in [2.24, 2.45) is 43.6 Å². The third-order valence-electron chi connectivity index (χ3n) is 3.80. The summed E-state index contributed by atoms with van der Waals surface area (Å²) in [6.45, 7) is 0.347.